The number of hydrogen-bond acceptors (Lipinski definition) is 4. The summed E-state index contributed by atoms with van der Waals surface area (Å²) >= 11 is 15.7. The van der Waals surface area contributed by atoms with E-state index < -0.39 is 6.23 Å². The highest BCUT2D eigenvalue weighted by Gasteiger charge is 2.43. The van der Waals surface area contributed by atoms with Gasteiger partial charge in [-0.25, -0.2) is 5.01 Å². The number of carbonyl (C=O) groups is 1. The van der Waals surface area contributed by atoms with Crippen molar-refractivity contribution in [2.75, 3.05) is 0 Å². The summed E-state index contributed by atoms with van der Waals surface area (Å²) in [5.74, 6) is 0.485. The quantitative estimate of drug-likeness (QED) is 0.384. The highest BCUT2D eigenvalue weighted by atomic mass is 79.9. The monoisotopic (exact) mass is 500 g/mol. The number of hydrazone groups is 1. The third-order valence-corrected chi connectivity index (χ3v) is 6.30. The SMILES string of the molecule is O=C(c1ccc(Cl)cc1)[C@H]1Oc2ccc(Cl)cc2[C@H]2CC(c3ccc(Br)cc3)=NN12. The summed E-state index contributed by atoms with van der Waals surface area (Å²) in [6.45, 7) is 0. The van der Waals surface area contributed by atoms with E-state index in [1.54, 1.807) is 35.3 Å². The fourth-order valence-electron chi connectivity index (χ4n) is 3.80. The predicted molar refractivity (Wildman–Crippen MR) is 122 cm³/mol. The minimum atomic E-state index is -0.863. The van der Waals surface area contributed by atoms with Gasteiger partial charge in [0.1, 0.15) is 5.75 Å². The molecule has 2 aliphatic heterocycles. The Morgan fingerprint density at radius 3 is 2.43 bits per heavy atom. The summed E-state index contributed by atoms with van der Waals surface area (Å²) in [5.41, 5.74) is 3.36. The highest BCUT2D eigenvalue weighted by molar-refractivity contribution is 9.10. The molecule has 150 valence electrons. The fraction of sp³-hybridized carbons (Fsp3) is 0.130. The van der Waals surface area contributed by atoms with Gasteiger partial charge in [-0.1, -0.05) is 51.3 Å². The van der Waals surface area contributed by atoms with Crippen molar-refractivity contribution in [2.45, 2.75) is 18.7 Å². The van der Waals surface area contributed by atoms with Crippen LogP contribution in [0, 0.1) is 0 Å². The molecule has 3 aromatic rings. The number of ketones is 1. The molecule has 3 aromatic carbocycles. The van der Waals surface area contributed by atoms with Gasteiger partial charge in [-0.15, -0.1) is 0 Å². The number of hydrogen-bond donors (Lipinski definition) is 0. The van der Waals surface area contributed by atoms with Crippen molar-refractivity contribution in [3.63, 3.8) is 0 Å². The summed E-state index contributed by atoms with van der Waals surface area (Å²) in [7, 11) is 0. The van der Waals surface area contributed by atoms with Crippen LogP contribution in [0.1, 0.15) is 33.9 Å². The van der Waals surface area contributed by atoms with Gasteiger partial charge < -0.3 is 4.74 Å². The topological polar surface area (TPSA) is 41.9 Å². The Morgan fingerprint density at radius 1 is 1.00 bits per heavy atom. The van der Waals surface area contributed by atoms with E-state index in [2.05, 4.69) is 15.9 Å². The lowest BCUT2D eigenvalue weighted by molar-refractivity contribution is -0.00455. The molecule has 0 unspecified atom stereocenters. The van der Waals surface area contributed by atoms with Crippen LogP contribution in [0.2, 0.25) is 10.0 Å². The van der Waals surface area contributed by atoms with E-state index in [1.807, 2.05) is 36.4 Å². The zero-order chi connectivity index (χ0) is 20.8. The van der Waals surface area contributed by atoms with Crippen LogP contribution in [0.25, 0.3) is 0 Å². The second-order valence-electron chi connectivity index (χ2n) is 7.18. The van der Waals surface area contributed by atoms with Crippen LogP contribution in [0.15, 0.2) is 76.3 Å². The number of Topliss-reactive ketones (excluding diaryl/α,β-unsaturated/α-hetero) is 1. The molecule has 2 atom stereocenters. The van der Waals surface area contributed by atoms with Gasteiger partial charge in [0.15, 0.2) is 0 Å². The van der Waals surface area contributed by atoms with Crippen LogP contribution in [0.5, 0.6) is 5.75 Å². The van der Waals surface area contributed by atoms with Gasteiger partial charge in [0.05, 0.1) is 11.8 Å². The average molecular weight is 502 g/mol. The van der Waals surface area contributed by atoms with Crippen molar-refractivity contribution in [1.29, 1.82) is 0 Å². The summed E-state index contributed by atoms with van der Waals surface area (Å²) in [6, 6.07) is 20.1. The predicted octanol–water partition coefficient (Wildman–Crippen LogP) is 6.51. The van der Waals surface area contributed by atoms with Crippen molar-refractivity contribution < 1.29 is 9.53 Å². The summed E-state index contributed by atoms with van der Waals surface area (Å²) in [6.07, 6.45) is -0.208. The number of nitrogens with zero attached hydrogens (tertiary/aromatic N) is 2. The van der Waals surface area contributed by atoms with Gasteiger partial charge in [-0.2, -0.15) is 5.10 Å². The van der Waals surface area contributed by atoms with Crippen LogP contribution >= 0.6 is 39.1 Å². The molecular weight excluding hydrogens is 487 g/mol. The van der Waals surface area contributed by atoms with Crippen molar-refractivity contribution in [3.05, 3.63) is 97.9 Å². The Bertz CT molecular complexity index is 1160. The molecule has 0 amide bonds. The Kier molecular flexibility index (Phi) is 5.05. The minimum absolute atomic E-state index is 0.132. The van der Waals surface area contributed by atoms with Crippen LogP contribution in [0.3, 0.4) is 0 Å². The van der Waals surface area contributed by atoms with Gasteiger partial charge >= 0.3 is 0 Å². The molecule has 2 heterocycles. The molecule has 0 N–H and O–H groups in total. The van der Waals surface area contributed by atoms with E-state index in [0.717, 1.165) is 21.3 Å². The zero-order valence-electron chi connectivity index (χ0n) is 15.6. The maximum atomic E-state index is 13.3. The van der Waals surface area contributed by atoms with Crippen molar-refractivity contribution >= 4 is 50.6 Å². The average Bonchev–Trinajstić information content (AvgIpc) is 3.19. The lowest BCUT2D eigenvalue weighted by Gasteiger charge is -2.37. The Morgan fingerprint density at radius 2 is 1.70 bits per heavy atom. The van der Waals surface area contributed by atoms with Crippen LogP contribution < -0.4 is 4.74 Å². The van der Waals surface area contributed by atoms with Gasteiger partial charge in [0.25, 0.3) is 6.23 Å². The Hall–Kier alpha value is -2.34. The third-order valence-electron chi connectivity index (χ3n) is 5.28. The molecule has 0 radical (unpaired) electrons. The van der Waals surface area contributed by atoms with Gasteiger partial charge in [0.2, 0.25) is 5.78 Å². The van der Waals surface area contributed by atoms with E-state index in [0.29, 0.717) is 27.8 Å². The molecule has 2 aliphatic rings. The summed E-state index contributed by atoms with van der Waals surface area (Å²) in [4.78, 5) is 13.3. The number of fused-ring (bicyclic) bond motifs is 3. The molecule has 0 saturated heterocycles. The first-order valence-corrected chi connectivity index (χ1v) is 10.9. The maximum absolute atomic E-state index is 13.3. The highest BCUT2D eigenvalue weighted by Crippen LogP contribution is 2.44. The number of rotatable bonds is 3. The number of ether oxygens (including phenoxy) is 1. The third kappa shape index (κ3) is 3.51. The van der Waals surface area contributed by atoms with Crippen LogP contribution in [-0.2, 0) is 0 Å². The Balaban J connectivity index is 1.57. The number of halogens is 3. The van der Waals surface area contributed by atoms with Crippen molar-refractivity contribution in [1.82, 2.24) is 5.01 Å². The number of benzene rings is 3. The van der Waals surface area contributed by atoms with Gasteiger partial charge in [-0.3, -0.25) is 4.79 Å². The van der Waals surface area contributed by atoms with E-state index in [4.69, 9.17) is 33.0 Å². The number of carbonyl (C=O) groups excluding carboxylic acids is 1. The first-order valence-electron chi connectivity index (χ1n) is 9.37. The van der Waals surface area contributed by atoms with Gasteiger partial charge in [-0.05, 0) is 60.2 Å². The summed E-state index contributed by atoms with van der Waals surface area (Å²) in [5, 5.41) is 7.76. The minimum Gasteiger partial charge on any atom is -0.461 e. The van der Waals surface area contributed by atoms with E-state index >= 15 is 0 Å². The van der Waals surface area contributed by atoms with Gasteiger partial charge in [0, 0.05) is 32.1 Å². The molecular formula is C23H15BrCl2N2O2. The van der Waals surface area contributed by atoms with Crippen LogP contribution in [0.4, 0.5) is 0 Å². The smallest absolute Gasteiger partial charge is 0.251 e. The zero-order valence-corrected chi connectivity index (χ0v) is 18.7. The second-order valence-corrected chi connectivity index (χ2v) is 8.97. The van der Waals surface area contributed by atoms with Crippen molar-refractivity contribution in [2.24, 2.45) is 5.10 Å². The molecule has 7 heteroatoms. The molecule has 0 spiro atoms. The first-order chi connectivity index (χ1) is 14.5. The molecule has 5 rings (SSSR count). The largest absolute Gasteiger partial charge is 0.461 e. The fourth-order valence-corrected chi connectivity index (χ4v) is 4.38. The molecule has 0 saturated carbocycles. The van der Waals surface area contributed by atoms with E-state index in [1.165, 1.54) is 0 Å². The molecule has 4 nitrogen and oxygen atoms in total. The summed E-state index contributed by atoms with van der Waals surface area (Å²) < 4.78 is 7.12. The van der Waals surface area contributed by atoms with Crippen molar-refractivity contribution in [3.8, 4) is 5.75 Å². The van der Waals surface area contributed by atoms with E-state index in [9.17, 15) is 4.79 Å². The lowest BCUT2D eigenvalue weighted by Crippen LogP contribution is -2.45. The Labute approximate surface area is 192 Å². The molecule has 0 aliphatic carbocycles. The maximum Gasteiger partial charge on any atom is 0.251 e. The normalized spacial score (nSPS) is 19.6. The standard InChI is InChI=1S/C23H15BrCl2N2O2/c24-15-5-1-13(2-6-15)19-12-20-18-11-17(26)9-10-21(18)30-23(28(20)27-19)22(29)14-3-7-16(25)8-4-14/h1-11,20,23H,12H2/t20-,23-/m1/s1. The molecule has 30 heavy (non-hydrogen) atoms. The lowest BCUT2D eigenvalue weighted by atomic mass is 9.96. The van der Waals surface area contributed by atoms with Crippen LogP contribution in [-0.4, -0.2) is 22.7 Å². The molecule has 0 aromatic heterocycles. The first kappa shape index (κ1) is 19.6. The molecule has 0 bridgehead atoms. The van der Waals surface area contributed by atoms with E-state index in [-0.39, 0.29) is 11.8 Å². The molecule has 0 fully saturated rings. The second kappa shape index (κ2) is 7.73.